The minimum Gasteiger partial charge on any atom is -0.495 e. The summed E-state index contributed by atoms with van der Waals surface area (Å²) >= 11 is 0. The molecular formula is C12H19NO2. The Bertz CT molecular complexity index is 290. The molecule has 0 fully saturated rings. The van der Waals surface area contributed by atoms with E-state index in [0.717, 1.165) is 12.3 Å². The first-order chi connectivity index (χ1) is 7.11. The predicted molar refractivity (Wildman–Crippen MR) is 61.2 cm³/mol. The van der Waals surface area contributed by atoms with E-state index in [4.69, 9.17) is 9.84 Å². The first-order valence-corrected chi connectivity index (χ1v) is 5.13. The summed E-state index contributed by atoms with van der Waals surface area (Å²) in [5.41, 5.74) is 1.19. The smallest absolute Gasteiger partial charge is 0.135 e. The Morgan fingerprint density at radius 1 is 1.67 bits per heavy atom. The molecule has 0 saturated carbocycles. The Kier molecular flexibility index (Phi) is 4.43. The van der Waals surface area contributed by atoms with Crippen molar-refractivity contribution in [2.45, 2.75) is 19.4 Å². The summed E-state index contributed by atoms with van der Waals surface area (Å²) in [5.74, 6) is 0.862. The number of hydrogen-bond acceptors (Lipinski definition) is 3. The van der Waals surface area contributed by atoms with Crippen LogP contribution in [0.5, 0.6) is 0 Å². The van der Waals surface area contributed by atoms with Crippen LogP contribution < -0.4 is 0 Å². The molecule has 3 nitrogen and oxygen atoms in total. The van der Waals surface area contributed by atoms with Crippen molar-refractivity contribution in [3.63, 3.8) is 0 Å². The number of aliphatic hydroxyl groups excluding tert-OH is 1. The molecule has 0 aromatic rings. The van der Waals surface area contributed by atoms with Crippen LogP contribution in [0.3, 0.4) is 0 Å². The largest absolute Gasteiger partial charge is 0.495 e. The van der Waals surface area contributed by atoms with E-state index in [1.165, 1.54) is 5.57 Å². The zero-order chi connectivity index (χ0) is 11.3. The molecule has 1 aliphatic heterocycles. The predicted octanol–water partition coefficient (Wildman–Crippen LogP) is 1.67. The molecule has 0 saturated heterocycles. The molecule has 1 heterocycles. The van der Waals surface area contributed by atoms with Gasteiger partial charge in [0, 0.05) is 19.8 Å². The van der Waals surface area contributed by atoms with Crippen molar-refractivity contribution in [1.82, 2.24) is 4.90 Å². The lowest BCUT2D eigenvalue weighted by molar-refractivity contribution is 0.198. The molecule has 1 atom stereocenters. The first-order valence-electron chi connectivity index (χ1n) is 5.13. The van der Waals surface area contributed by atoms with Crippen LogP contribution in [0.15, 0.2) is 35.8 Å². The second-order valence-corrected chi connectivity index (χ2v) is 3.86. The molecule has 1 rings (SSSR count). The van der Waals surface area contributed by atoms with Crippen LogP contribution >= 0.6 is 0 Å². The standard InChI is InChI=1S/C12H19NO2/c1-10(14)5-4-6-11-7-12(15-3)9-13(2)8-11/h4,6-7,9-10,14H,5,8H2,1-3H3. The number of likely N-dealkylation sites (N-methyl/N-ethyl adjacent to an activating group) is 1. The van der Waals surface area contributed by atoms with Gasteiger partial charge in [0.1, 0.15) is 5.76 Å². The summed E-state index contributed by atoms with van der Waals surface area (Å²) in [7, 11) is 3.67. The molecular weight excluding hydrogens is 190 g/mol. The molecule has 0 spiro atoms. The van der Waals surface area contributed by atoms with Crippen molar-refractivity contribution in [3.05, 3.63) is 35.8 Å². The second kappa shape index (κ2) is 5.61. The van der Waals surface area contributed by atoms with Gasteiger partial charge in [0.2, 0.25) is 0 Å². The highest BCUT2D eigenvalue weighted by Gasteiger charge is 2.06. The van der Waals surface area contributed by atoms with Crippen LogP contribution in [0.4, 0.5) is 0 Å². The van der Waals surface area contributed by atoms with Gasteiger partial charge >= 0.3 is 0 Å². The van der Waals surface area contributed by atoms with Gasteiger partial charge in [-0.1, -0.05) is 12.2 Å². The topological polar surface area (TPSA) is 32.7 Å². The highest BCUT2D eigenvalue weighted by molar-refractivity contribution is 5.31. The fraction of sp³-hybridized carbons (Fsp3) is 0.500. The van der Waals surface area contributed by atoms with Crippen LogP contribution in [-0.4, -0.2) is 36.8 Å². The van der Waals surface area contributed by atoms with Gasteiger partial charge in [0.25, 0.3) is 0 Å². The molecule has 1 N–H and O–H groups in total. The van der Waals surface area contributed by atoms with E-state index in [1.807, 2.05) is 31.5 Å². The Morgan fingerprint density at radius 2 is 2.40 bits per heavy atom. The first kappa shape index (κ1) is 11.9. The van der Waals surface area contributed by atoms with Crippen molar-refractivity contribution in [2.24, 2.45) is 0 Å². The molecule has 0 aromatic carbocycles. The minimum atomic E-state index is -0.277. The molecule has 1 aliphatic rings. The molecule has 0 radical (unpaired) electrons. The number of nitrogens with zero attached hydrogens (tertiary/aromatic N) is 1. The summed E-state index contributed by atoms with van der Waals surface area (Å²) in [6.07, 6.45) is 8.41. The van der Waals surface area contributed by atoms with E-state index in [0.29, 0.717) is 6.42 Å². The summed E-state index contributed by atoms with van der Waals surface area (Å²) in [6.45, 7) is 2.66. The molecule has 84 valence electrons. The average molecular weight is 209 g/mol. The number of rotatable bonds is 4. The number of ether oxygens (including phenoxy) is 1. The lowest BCUT2D eigenvalue weighted by Crippen LogP contribution is -2.18. The Hall–Kier alpha value is -1.22. The van der Waals surface area contributed by atoms with Gasteiger partial charge < -0.3 is 14.7 Å². The van der Waals surface area contributed by atoms with Gasteiger partial charge in [0.05, 0.1) is 13.2 Å². The summed E-state index contributed by atoms with van der Waals surface area (Å²) < 4.78 is 5.18. The number of aliphatic hydroxyl groups is 1. The van der Waals surface area contributed by atoms with E-state index >= 15 is 0 Å². The molecule has 0 bridgehead atoms. The van der Waals surface area contributed by atoms with Crippen molar-refractivity contribution in [1.29, 1.82) is 0 Å². The van der Waals surface area contributed by atoms with Crippen LogP contribution in [0.1, 0.15) is 13.3 Å². The maximum atomic E-state index is 9.11. The Balaban J connectivity index is 2.58. The Labute approximate surface area is 91.3 Å². The molecule has 0 aliphatic carbocycles. The quantitative estimate of drug-likeness (QED) is 0.764. The van der Waals surface area contributed by atoms with Gasteiger partial charge in [-0.15, -0.1) is 0 Å². The van der Waals surface area contributed by atoms with E-state index < -0.39 is 0 Å². The summed E-state index contributed by atoms with van der Waals surface area (Å²) in [5, 5.41) is 9.11. The van der Waals surface area contributed by atoms with Crippen LogP contribution in [0.2, 0.25) is 0 Å². The van der Waals surface area contributed by atoms with E-state index in [9.17, 15) is 0 Å². The summed E-state index contributed by atoms with van der Waals surface area (Å²) in [4.78, 5) is 2.07. The van der Waals surface area contributed by atoms with Gasteiger partial charge in [0.15, 0.2) is 0 Å². The lowest BCUT2D eigenvalue weighted by Gasteiger charge is -2.20. The normalized spacial score (nSPS) is 18.8. The van der Waals surface area contributed by atoms with E-state index in [-0.39, 0.29) is 6.10 Å². The van der Waals surface area contributed by atoms with Gasteiger partial charge in [-0.2, -0.15) is 0 Å². The number of methoxy groups -OCH3 is 1. The van der Waals surface area contributed by atoms with Gasteiger partial charge in [-0.3, -0.25) is 0 Å². The van der Waals surface area contributed by atoms with E-state index in [2.05, 4.69) is 4.90 Å². The lowest BCUT2D eigenvalue weighted by atomic mass is 10.1. The third-order valence-corrected chi connectivity index (χ3v) is 2.15. The highest BCUT2D eigenvalue weighted by Crippen LogP contribution is 2.14. The Morgan fingerprint density at radius 3 is 3.00 bits per heavy atom. The minimum absolute atomic E-state index is 0.277. The van der Waals surface area contributed by atoms with Crippen molar-refractivity contribution < 1.29 is 9.84 Å². The fourth-order valence-electron chi connectivity index (χ4n) is 1.45. The van der Waals surface area contributed by atoms with E-state index in [1.54, 1.807) is 14.0 Å². The van der Waals surface area contributed by atoms with Crippen molar-refractivity contribution in [2.75, 3.05) is 20.7 Å². The third-order valence-electron chi connectivity index (χ3n) is 2.15. The zero-order valence-electron chi connectivity index (χ0n) is 9.60. The van der Waals surface area contributed by atoms with Crippen molar-refractivity contribution >= 4 is 0 Å². The van der Waals surface area contributed by atoms with Gasteiger partial charge in [-0.05, 0) is 25.0 Å². The van der Waals surface area contributed by atoms with Gasteiger partial charge in [-0.25, -0.2) is 0 Å². The molecule has 3 heteroatoms. The molecule has 0 amide bonds. The SMILES string of the molecule is COC1=CN(C)CC(C=CCC(C)O)=C1. The highest BCUT2D eigenvalue weighted by atomic mass is 16.5. The van der Waals surface area contributed by atoms with Crippen LogP contribution in [0.25, 0.3) is 0 Å². The number of hydrogen-bond donors (Lipinski definition) is 1. The molecule has 1 unspecified atom stereocenters. The number of allylic oxidation sites excluding steroid dienone is 1. The molecule has 15 heavy (non-hydrogen) atoms. The van der Waals surface area contributed by atoms with Crippen LogP contribution in [0, 0.1) is 0 Å². The zero-order valence-corrected chi connectivity index (χ0v) is 9.60. The summed E-state index contributed by atoms with van der Waals surface area (Å²) in [6, 6.07) is 0. The van der Waals surface area contributed by atoms with Crippen molar-refractivity contribution in [3.8, 4) is 0 Å². The van der Waals surface area contributed by atoms with Crippen LogP contribution in [-0.2, 0) is 4.74 Å². The second-order valence-electron chi connectivity index (χ2n) is 3.86. The maximum Gasteiger partial charge on any atom is 0.135 e. The fourth-order valence-corrected chi connectivity index (χ4v) is 1.45. The monoisotopic (exact) mass is 209 g/mol. The average Bonchev–Trinajstić information content (AvgIpc) is 2.16. The molecule has 0 aromatic heterocycles. The maximum absolute atomic E-state index is 9.11. The third kappa shape index (κ3) is 4.21.